The maximum absolute atomic E-state index is 13.6. The highest BCUT2D eigenvalue weighted by molar-refractivity contribution is 6.33. The van der Waals surface area contributed by atoms with Crippen molar-refractivity contribution in [3.8, 4) is 17.2 Å². The predicted octanol–water partition coefficient (Wildman–Crippen LogP) is 6.10. The molecular weight excluding hydrogens is 437 g/mol. The maximum Gasteiger partial charge on any atom is 0.262 e. The fraction of sp³-hybridized carbons (Fsp3) is 0.0476. The smallest absolute Gasteiger partial charge is 0.262 e. The zero-order valence-corrected chi connectivity index (χ0v) is 16.6. The van der Waals surface area contributed by atoms with Crippen LogP contribution in [0.1, 0.15) is 0 Å². The lowest BCUT2D eigenvalue weighted by Crippen LogP contribution is -2.20. The molecule has 0 saturated heterocycles. The van der Waals surface area contributed by atoms with Crippen LogP contribution in [0, 0.1) is 11.6 Å². The molecule has 1 amide bonds. The van der Waals surface area contributed by atoms with E-state index in [9.17, 15) is 13.6 Å². The molecule has 30 heavy (non-hydrogen) atoms. The quantitative estimate of drug-likeness (QED) is 0.374. The number of carbonyl (C=O) groups excluding carboxylic acids is 1. The molecule has 0 atom stereocenters. The number of hydrogen-bond donors (Lipinski definition) is 1. The van der Waals surface area contributed by atoms with Crippen LogP contribution < -0.4 is 10.1 Å². The Morgan fingerprint density at radius 2 is 1.77 bits per heavy atom. The van der Waals surface area contributed by atoms with Gasteiger partial charge in [-0.2, -0.15) is 0 Å². The molecule has 1 heterocycles. The van der Waals surface area contributed by atoms with Crippen molar-refractivity contribution in [1.29, 1.82) is 0 Å². The summed E-state index contributed by atoms with van der Waals surface area (Å²) >= 11 is 11.8. The maximum atomic E-state index is 13.6. The molecular formula is C21H12Cl2F2N2O3. The molecule has 0 aliphatic rings. The molecule has 3 aromatic carbocycles. The van der Waals surface area contributed by atoms with Crippen molar-refractivity contribution in [3.63, 3.8) is 0 Å². The summed E-state index contributed by atoms with van der Waals surface area (Å²) in [5.74, 6) is -1.97. The molecule has 152 valence electrons. The molecule has 0 aliphatic carbocycles. The molecule has 4 aromatic rings. The van der Waals surface area contributed by atoms with Gasteiger partial charge < -0.3 is 14.5 Å². The van der Waals surface area contributed by atoms with Crippen LogP contribution in [0.25, 0.3) is 22.6 Å². The molecule has 0 aliphatic heterocycles. The number of anilines is 1. The number of oxazole rings is 1. The summed E-state index contributed by atoms with van der Waals surface area (Å²) in [7, 11) is 0. The summed E-state index contributed by atoms with van der Waals surface area (Å²) in [6.45, 7) is -0.200. The molecule has 0 fully saturated rings. The van der Waals surface area contributed by atoms with Crippen LogP contribution >= 0.6 is 23.2 Å². The van der Waals surface area contributed by atoms with E-state index in [2.05, 4.69) is 10.3 Å². The van der Waals surface area contributed by atoms with Gasteiger partial charge in [-0.1, -0.05) is 23.2 Å². The number of nitrogens with one attached hydrogen (secondary N) is 1. The molecule has 5 nitrogen and oxygen atoms in total. The third kappa shape index (κ3) is 4.37. The topological polar surface area (TPSA) is 64.4 Å². The second-order valence-electron chi connectivity index (χ2n) is 6.24. The van der Waals surface area contributed by atoms with Gasteiger partial charge in [0, 0.05) is 10.7 Å². The first-order valence-electron chi connectivity index (χ1n) is 8.63. The van der Waals surface area contributed by atoms with Crippen molar-refractivity contribution in [2.75, 3.05) is 11.9 Å². The number of carbonyl (C=O) groups is 1. The number of halogens is 4. The Hall–Kier alpha value is -3.16. The number of hydrogen-bond acceptors (Lipinski definition) is 4. The first-order chi connectivity index (χ1) is 14.4. The highest BCUT2D eigenvalue weighted by Gasteiger charge is 2.16. The molecule has 0 saturated carbocycles. The van der Waals surface area contributed by atoms with E-state index >= 15 is 0 Å². The van der Waals surface area contributed by atoms with Crippen molar-refractivity contribution in [3.05, 3.63) is 76.3 Å². The van der Waals surface area contributed by atoms with E-state index in [-0.39, 0.29) is 29.0 Å². The van der Waals surface area contributed by atoms with Gasteiger partial charge in [0.25, 0.3) is 5.91 Å². The standard InChI is InChI=1S/C21H12Cl2F2N2O3/c22-11-1-4-13(5-2-11)29-10-20(28)26-12-3-6-19-18(7-12)27-21(30-19)14-8-16(24)17(25)9-15(14)23/h1-9H,10H2,(H,26,28). The van der Waals surface area contributed by atoms with Crippen LogP contribution in [0.5, 0.6) is 5.75 Å². The van der Waals surface area contributed by atoms with Crippen LogP contribution in [-0.4, -0.2) is 17.5 Å². The molecule has 0 unspecified atom stereocenters. The van der Waals surface area contributed by atoms with E-state index in [0.717, 1.165) is 12.1 Å². The summed E-state index contributed by atoms with van der Waals surface area (Å²) in [5, 5.41) is 3.22. The summed E-state index contributed by atoms with van der Waals surface area (Å²) in [6, 6.07) is 13.2. The first kappa shape index (κ1) is 20.1. The Balaban J connectivity index is 1.49. The normalized spacial score (nSPS) is 10.9. The van der Waals surface area contributed by atoms with Crippen molar-refractivity contribution in [2.45, 2.75) is 0 Å². The minimum Gasteiger partial charge on any atom is -0.484 e. The Kier molecular flexibility index (Phi) is 5.57. The van der Waals surface area contributed by atoms with E-state index in [0.29, 0.717) is 27.6 Å². The van der Waals surface area contributed by atoms with E-state index < -0.39 is 11.6 Å². The van der Waals surface area contributed by atoms with Gasteiger partial charge in [-0.05, 0) is 54.6 Å². The van der Waals surface area contributed by atoms with Gasteiger partial charge in [0.15, 0.2) is 23.8 Å². The first-order valence-corrected chi connectivity index (χ1v) is 9.38. The van der Waals surface area contributed by atoms with Crippen LogP contribution in [0.15, 0.2) is 59.0 Å². The van der Waals surface area contributed by atoms with Gasteiger partial charge in [-0.25, -0.2) is 13.8 Å². The third-order valence-corrected chi connectivity index (χ3v) is 4.66. The summed E-state index contributed by atoms with van der Waals surface area (Å²) in [6.07, 6.45) is 0. The molecule has 0 radical (unpaired) electrons. The highest BCUT2D eigenvalue weighted by Crippen LogP contribution is 2.32. The average molecular weight is 449 g/mol. The zero-order valence-electron chi connectivity index (χ0n) is 15.1. The second kappa shape index (κ2) is 8.30. The number of aromatic nitrogens is 1. The number of ether oxygens (including phenoxy) is 1. The van der Waals surface area contributed by atoms with Gasteiger partial charge in [0.2, 0.25) is 5.89 Å². The van der Waals surface area contributed by atoms with Crippen LogP contribution in [0.2, 0.25) is 10.0 Å². The SMILES string of the molecule is O=C(COc1ccc(Cl)cc1)Nc1ccc2oc(-c3cc(F)c(F)cc3Cl)nc2c1. The summed E-state index contributed by atoms with van der Waals surface area (Å²) in [5.41, 5.74) is 1.38. The van der Waals surface area contributed by atoms with Gasteiger partial charge in [-0.3, -0.25) is 4.79 Å². The largest absolute Gasteiger partial charge is 0.484 e. The van der Waals surface area contributed by atoms with Crippen LogP contribution in [0.4, 0.5) is 14.5 Å². The molecule has 4 rings (SSSR count). The lowest BCUT2D eigenvalue weighted by atomic mass is 10.2. The Bertz CT molecular complexity index is 1240. The number of amides is 1. The van der Waals surface area contributed by atoms with Crippen molar-refractivity contribution in [2.24, 2.45) is 0 Å². The van der Waals surface area contributed by atoms with Crippen molar-refractivity contribution >= 4 is 45.9 Å². The monoisotopic (exact) mass is 448 g/mol. The zero-order chi connectivity index (χ0) is 21.3. The van der Waals surface area contributed by atoms with Crippen molar-refractivity contribution in [1.82, 2.24) is 4.98 Å². The Morgan fingerprint density at radius 3 is 2.53 bits per heavy atom. The molecule has 0 bridgehead atoms. The van der Waals surface area contributed by atoms with E-state index in [4.69, 9.17) is 32.4 Å². The lowest BCUT2D eigenvalue weighted by Gasteiger charge is -2.07. The van der Waals surface area contributed by atoms with E-state index in [1.54, 1.807) is 42.5 Å². The Labute approximate surface area is 179 Å². The highest BCUT2D eigenvalue weighted by atomic mass is 35.5. The molecule has 1 aromatic heterocycles. The number of rotatable bonds is 5. The minimum absolute atomic E-state index is 0.0310. The predicted molar refractivity (Wildman–Crippen MR) is 110 cm³/mol. The van der Waals surface area contributed by atoms with Gasteiger partial charge in [0.1, 0.15) is 11.3 Å². The fourth-order valence-corrected chi connectivity index (χ4v) is 3.04. The average Bonchev–Trinajstić information content (AvgIpc) is 3.13. The van der Waals surface area contributed by atoms with Gasteiger partial charge >= 0.3 is 0 Å². The number of nitrogens with zero attached hydrogens (tertiary/aromatic N) is 1. The van der Waals surface area contributed by atoms with Gasteiger partial charge in [0.05, 0.1) is 10.6 Å². The summed E-state index contributed by atoms with van der Waals surface area (Å²) < 4.78 is 37.8. The molecule has 0 spiro atoms. The molecule has 9 heteroatoms. The number of benzene rings is 3. The Morgan fingerprint density at radius 1 is 1.03 bits per heavy atom. The van der Waals surface area contributed by atoms with Crippen LogP contribution in [-0.2, 0) is 4.79 Å². The number of fused-ring (bicyclic) bond motifs is 1. The van der Waals surface area contributed by atoms with E-state index in [1.807, 2.05) is 0 Å². The van der Waals surface area contributed by atoms with Crippen molar-refractivity contribution < 1.29 is 22.7 Å². The third-order valence-electron chi connectivity index (χ3n) is 4.10. The lowest BCUT2D eigenvalue weighted by molar-refractivity contribution is -0.118. The summed E-state index contributed by atoms with van der Waals surface area (Å²) in [4.78, 5) is 16.4. The molecule has 1 N–H and O–H groups in total. The van der Waals surface area contributed by atoms with Gasteiger partial charge in [-0.15, -0.1) is 0 Å². The van der Waals surface area contributed by atoms with E-state index in [1.165, 1.54) is 0 Å². The fourth-order valence-electron chi connectivity index (χ4n) is 2.68. The second-order valence-corrected chi connectivity index (χ2v) is 7.08. The minimum atomic E-state index is -1.06. The van der Waals surface area contributed by atoms with Crippen LogP contribution in [0.3, 0.4) is 0 Å².